The van der Waals surface area contributed by atoms with Crippen LogP contribution in [0.5, 0.6) is 0 Å². The van der Waals surface area contributed by atoms with Crippen molar-refractivity contribution >= 4 is 17.3 Å². The highest BCUT2D eigenvalue weighted by Gasteiger charge is 2.25. The lowest BCUT2D eigenvalue weighted by atomic mass is 9.98. The Hall–Kier alpha value is -1.23. The van der Waals surface area contributed by atoms with Crippen LogP contribution in [0.2, 0.25) is 0 Å². The van der Waals surface area contributed by atoms with Gasteiger partial charge >= 0.3 is 0 Å². The monoisotopic (exact) mass is 480 g/mol. The summed E-state index contributed by atoms with van der Waals surface area (Å²) in [4.78, 5) is 33.1. The molecule has 0 aliphatic heterocycles. The lowest BCUT2D eigenvalue weighted by Gasteiger charge is -2.17. The molecule has 9 nitrogen and oxygen atoms in total. The molecule has 6 atom stereocenters. The molecule has 33 heavy (non-hydrogen) atoms. The van der Waals surface area contributed by atoms with Crippen LogP contribution in [0.4, 0.5) is 0 Å². The second kappa shape index (κ2) is 19.1. The van der Waals surface area contributed by atoms with E-state index >= 15 is 0 Å². The van der Waals surface area contributed by atoms with Gasteiger partial charge in [0, 0.05) is 17.8 Å². The highest BCUT2D eigenvalue weighted by atomic mass is 16.3. The van der Waals surface area contributed by atoms with Crippen LogP contribution in [-0.2, 0) is 14.4 Å². The van der Waals surface area contributed by atoms with Crippen molar-refractivity contribution < 1.29 is 45.0 Å². The molecule has 0 aliphatic rings. The van der Waals surface area contributed by atoms with Gasteiger partial charge in [0.2, 0.25) is 0 Å². The largest absolute Gasteiger partial charge is 0.390 e. The lowest BCUT2D eigenvalue weighted by molar-refractivity contribution is -0.136. The van der Waals surface area contributed by atoms with Gasteiger partial charge in [0.05, 0.1) is 18.3 Å². The minimum absolute atomic E-state index is 0.216. The van der Waals surface area contributed by atoms with Crippen molar-refractivity contribution in [2.24, 2.45) is 17.8 Å². The van der Waals surface area contributed by atoms with E-state index in [0.717, 1.165) is 6.42 Å². The summed E-state index contributed by atoms with van der Waals surface area (Å²) >= 11 is 0. The smallest absolute Gasteiger partial charge is 0.166 e. The van der Waals surface area contributed by atoms with Gasteiger partial charge in [0.25, 0.3) is 0 Å². The molecule has 6 unspecified atom stereocenters. The van der Waals surface area contributed by atoms with Gasteiger partial charge < -0.3 is 30.6 Å². The Bertz CT molecular complexity index is 544. The second-order valence-corrected chi connectivity index (χ2v) is 9.08. The van der Waals surface area contributed by atoms with E-state index in [1.807, 2.05) is 6.92 Å². The van der Waals surface area contributed by atoms with E-state index in [4.69, 9.17) is 20.4 Å². The summed E-state index contributed by atoms with van der Waals surface area (Å²) in [6, 6.07) is 0. The standard InChI is InChI=1S/C9H18O3.C8H16O3.C7H14O3/c1-4-5-7(10)9(12)8(11)6(2)3;1-4-6(9)8(11)7(10)5(2)3;1-4(2)6(9)7(10)5(3)8/h6-7,9-10,12H,4-5H2,1-3H3;5-6,8-9,11H,4H2,1-3H3;4-5,7-8,10H,1-3H3. The Labute approximate surface area is 198 Å². The molecule has 0 amide bonds. The van der Waals surface area contributed by atoms with Crippen molar-refractivity contribution in [3.8, 4) is 0 Å². The summed E-state index contributed by atoms with van der Waals surface area (Å²) in [5, 5.41) is 54.5. The van der Waals surface area contributed by atoms with E-state index in [0.29, 0.717) is 12.8 Å². The quantitative estimate of drug-likeness (QED) is 0.238. The Morgan fingerprint density at radius 1 is 0.545 bits per heavy atom. The van der Waals surface area contributed by atoms with E-state index in [1.54, 1.807) is 48.5 Å². The third-order valence-corrected chi connectivity index (χ3v) is 4.77. The highest BCUT2D eigenvalue weighted by Crippen LogP contribution is 2.08. The number of carbonyl (C=O) groups is 3. The van der Waals surface area contributed by atoms with Gasteiger partial charge in [0.1, 0.15) is 18.3 Å². The van der Waals surface area contributed by atoms with Gasteiger partial charge in [-0.2, -0.15) is 0 Å². The van der Waals surface area contributed by atoms with Crippen LogP contribution in [0, 0.1) is 17.8 Å². The van der Waals surface area contributed by atoms with Gasteiger partial charge in [-0.15, -0.1) is 0 Å². The average molecular weight is 481 g/mol. The van der Waals surface area contributed by atoms with E-state index in [-0.39, 0.29) is 35.1 Å². The summed E-state index contributed by atoms with van der Waals surface area (Å²) < 4.78 is 0. The van der Waals surface area contributed by atoms with Crippen LogP contribution < -0.4 is 0 Å². The average Bonchev–Trinajstić information content (AvgIpc) is 2.75. The van der Waals surface area contributed by atoms with Crippen LogP contribution in [-0.4, -0.2) is 84.6 Å². The van der Waals surface area contributed by atoms with Gasteiger partial charge in [-0.05, 0) is 19.8 Å². The first-order valence-corrected chi connectivity index (χ1v) is 11.7. The fourth-order valence-electron chi connectivity index (χ4n) is 2.32. The normalized spacial score (nSPS) is 16.5. The fourth-order valence-corrected chi connectivity index (χ4v) is 2.32. The van der Waals surface area contributed by atoms with E-state index in [1.165, 1.54) is 6.92 Å². The maximum absolute atomic E-state index is 11.1. The fraction of sp³-hybridized carbons (Fsp3) is 0.875. The number of rotatable bonds is 12. The number of aliphatic hydroxyl groups excluding tert-OH is 6. The number of aliphatic hydroxyl groups is 6. The first-order valence-electron chi connectivity index (χ1n) is 11.7. The molecular weight excluding hydrogens is 432 g/mol. The molecule has 0 heterocycles. The molecule has 6 N–H and O–H groups in total. The summed E-state index contributed by atoms with van der Waals surface area (Å²) in [7, 11) is 0. The van der Waals surface area contributed by atoms with Crippen molar-refractivity contribution in [3.63, 3.8) is 0 Å². The molecule has 0 bridgehead atoms. The Balaban J connectivity index is -0.000000411. The van der Waals surface area contributed by atoms with Gasteiger partial charge in [-0.3, -0.25) is 14.4 Å². The third kappa shape index (κ3) is 16.1. The van der Waals surface area contributed by atoms with E-state index in [2.05, 4.69) is 0 Å². The van der Waals surface area contributed by atoms with Crippen molar-refractivity contribution in [2.75, 3.05) is 0 Å². The number of hydrogen-bond acceptors (Lipinski definition) is 9. The number of Topliss-reactive ketones (excluding diaryl/α,β-unsaturated/α-hetero) is 3. The predicted octanol–water partition coefficient (Wildman–Crippen LogP) is 1.03. The summed E-state index contributed by atoms with van der Waals surface area (Å²) in [5.74, 6) is -1.53. The topological polar surface area (TPSA) is 173 Å². The zero-order chi connectivity index (χ0) is 27.0. The number of ketones is 3. The SMILES string of the molecule is CC(C)C(=O)C(O)C(C)O.CCC(O)C(O)C(=O)C(C)C.CCCC(O)C(O)C(=O)C(C)C. The second-order valence-electron chi connectivity index (χ2n) is 9.08. The molecule has 0 aliphatic carbocycles. The molecule has 0 aromatic heterocycles. The van der Waals surface area contributed by atoms with Crippen molar-refractivity contribution in [1.29, 1.82) is 0 Å². The minimum Gasteiger partial charge on any atom is -0.390 e. The van der Waals surface area contributed by atoms with Gasteiger partial charge in [0.15, 0.2) is 17.3 Å². The van der Waals surface area contributed by atoms with Crippen molar-refractivity contribution in [1.82, 2.24) is 0 Å². The zero-order valence-electron chi connectivity index (χ0n) is 21.7. The molecule has 0 saturated carbocycles. The lowest BCUT2D eigenvalue weighted by Crippen LogP contribution is -2.36. The van der Waals surface area contributed by atoms with Crippen LogP contribution in [0.15, 0.2) is 0 Å². The Kier molecular flexibility index (Phi) is 21.1. The van der Waals surface area contributed by atoms with Gasteiger partial charge in [-0.1, -0.05) is 61.8 Å². The zero-order valence-corrected chi connectivity index (χ0v) is 21.7. The molecular formula is C24H48O9. The minimum atomic E-state index is -1.22. The molecule has 0 rings (SSSR count). The number of hydrogen-bond donors (Lipinski definition) is 6. The maximum Gasteiger partial charge on any atom is 0.166 e. The summed E-state index contributed by atoms with van der Waals surface area (Å²) in [5.41, 5.74) is 0. The van der Waals surface area contributed by atoms with E-state index in [9.17, 15) is 24.6 Å². The van der Waals surface area contributed by atoms with Crippen LogP contribution in [0.3, 0.4) is 0 Å². The molecule has 0 saturated heterocycles. The maximum atomic E-state index is 11.1. The molecule has 0 aromatic rings. The molecule has 9 heteroatoms. The molecule has 0 fully saturated rings. The Morgan fingerprint density at radius 3 is 1.06 bits per heavy atom. The van der Waals surface area contributed by atoms with Crippen molar-refractivity contribution in [2.45, 2.75) is 118 Å². The third-order valence-electron chi connectivity index (χ3n) is 4.77. The van der Waals surface area contributed by atoms with Crippen LogP contribution >= 0.6 is 0 Å². The van der Waals surface area contributed by atoms with Crippen LogP contribution in [0.1, 0.15) is 81.6 Å². The van der Waals surface area contributed by atoms with Crippen LogP contribution in [0.25, 0.3) is 0 Å². The predicted molar refractivity (Wildman–Crippen MR) is 126 cm³/mol. The molecule has 0 aromatic carbocycles. The molecule has 0 spiro atoms. The van der Waals surface area contributed by atoms with E-state index < -0.39 is 36.6 Å². The highest BCUT2D eigenvalue weighted by molar-refractivity contribution is 5.85. The summed E-state index contributed by atoms with van der Waals surface area (Å²) in [6.45, 7) is 15.2. The van der Waals surface area contributed by atoms with Crippen molar-refractivity contribution in [3.05, 3.63) is 0 Å². The summed E-state index contributed by atoms with van der Waals surface area (Å²) in [6.07, 6.45) is -4.77. The Morgan fingerprint density at radius 2 is 0.848 bits per heavy atom. The first-order chi connectivity index (χ1) is 15.0. The molecule has 0 radical (unpaired) electrons. The molecule has 198 valence electrons. The number of carbonyl (C=O) groups excluding carboxylic acids is 3. The first kappa shape index (κ1) is 36.3. The van der Waals surface area contributed by atoms with Gasteiger partial charge in [-0.25, -0.2) is 0 Å².